The van der Waals surface area contributed by atoms with Gasteiger partial charge < -0.3 is 15.4 Å². The highest BCUT2D eigenvalue weighted by molar-refractivity contribution is 8.00. The van der Waals surface area contributed by atoms with E-state index in [0.29, 0.717) is 16.1 Å². The van der Waals surface area contributed by atoms with E-state index in [-0.39, 0.29) is 17.7 Å². The Morgan fingerprint density at radius 1 is 1.00 bits per heavy atom. The van der Waals surface area contributed by atoms with Crippen LogP contribution in [0.5, 0.6) is 0 Å². The number of anilines is 1. The van der Waals surface area contributed by atoms with Crippen molar-refractivity contribution in [1.82, 2.24) is 5.32 Å². The van der Waals surface area contributed by atoms with E-state index >= 15 is 0 Å². The van der Waals surface area contributed by atoms with Gasteiger partial charge in [0, 0.05) is 16.6 Å². The van der Waals surface area contributed by atoms with Crippen molar-refractivity contribution in [2.75, 3.05) is 11.1 Å². The van der Waals surface area contributed by atoms with Crippen LogP contribution >= 0.6 is 11.8 Å². The summed E-state index contributed by atoms with van der Waals surface area (Å²) in [4.78, 5) is 37.4. The maximum absolute atomic E-state index is 12.6. The van der Waals surface area contributed by atoms with Crippen molar-refractivity contribution in [1.29, 1.82) is 0 Å². The third-order valence-corrected chi connectivity index (χ3v) is 4.96. The number of carbonyl (C=O) groups excluding carboxylic acids is 3. The van der Waals surface area contributed by atoms with Gasteiger partial charge in [0.2, 0.25) is 5.91 Å². The predicted molar refractivity (Wildman–Crippen MR) is 115 cm³/mol. The molecule has 0 saturated carbocycles. The molecule has 2 aromatic rings. The minimum absolute atomic E-state index is 0.0520. The molecule has 2 amide bonds. The highest BCUT2D eigenvalue weighted by atomic mass is 32.2. The molecule has 0 aromatic heterocycles. The van der Waals surface area contributed by atoms with Crippen LogP contribution in [0.4, 0.5) is 5.69 Å². The molecule has 0 fully saturated rings. The lowest BCUT2D eigenvalue weighted by atomic mass is 10.2. The summed E-state index contributed by atoms with van der Waals surface area (Å²) >= 11 is 1.25. The number of ether oxygens (including phenoxy) is 1. The van der Waals surface area contributed by atoms with Crippen LogP contribution in [0.1, 0.15) is 36.7 Å². The number of rotatable bonds is 8. The van der Waals surface area contributed by atoms with E-state index in [0.717, 1.165) is 5.56 Å². The summed E-state index contributed by atoms with van der Waals surface area (Å²) in [6, 6.07) is 14.3. The number of carbonyl (C=O) groups is 3. The Hall–Kier alpha value is -2.80. The first-order valence-electron chi connectivity index (χ1n) is 9.36. The van der Waals surface area contributed by atoms with E-state index < -0.39 is 18.0 Å². The summed E-state index contributed by atoms with van der Waals surface area (Å²) in [6.45, 7) is 7.25. The van der Waals surface area contributed by atoms with Gasteiger partial charge in [-0.3, -0.25) is 9.59 Å². The van der Waals surface area contributed by atoms with E-state index in [4.69, 9.17) is 4.74 Å². The molecule has 29 heavy (non-hydrogen) atoms. The van der Waals surface area contributed by atoms with Gasteiger partial charge in [-0.05, 0) is 52.0 Å². The van der Waals surface area contributed by atoms with Crippen LogP contribution in [0.25, 0.3) is 0 Å². The third kappa shape index (κ3) is 7.27. The highest BCUT2D eigenvalue weighted by Gasteiger charge is 2.21. The van der Waals surface area contributed by atoms with Crippen LogP contribution in [0.15, 0.2) is 53.4 Å². The first-order valence-corrected chi connectivity index (χ1v) is 10.3. The molecule has 0 radical (unpaired) electrons. The lowest BCUT2D eigenvalue weighted by Gasteiger charge is -2.15. The van der Waals surface area contributed by atoms with Crippen molar-refractivity contribution in [3.05, 3.63) is 59.7 Å². The Balaban J connectivity index is 1.98. The van der Waals surface area contributed by atoms with Crippen LogP contribution in [0.2, 0.25) is 0 Å². The fraction of sp³-hybridized carbons (Fsp3) is 0.318. The fourth-order valence-corrected chi connectivity index (χ4v) is 3.28. The zero-order chi connectivity index (χ0) is 21.4. The molecule has 0 heterocycles. The molecule has 154 valence electrons. The summed E-state index contributed by atoms with van der Waals surface area (Å²) in [6.07, 6.45) is -0.967. The van der Waals surface area contributed by atoms with Gasteiger partial charge in [0.25, 0.3) is 5.91 Å². The highest BCUT2D eigenvalue weighted by Crippen LogP contribution is 2.23. The first kappa shape index (κ1) is 22.5. The number of benzene rings is 2. The van der Waals surface area contributed by atoms with Crippen LogP contribution in [-0.4, -0.2) is 35.7 Å². The normalized spacial score (nSPS) is 11.6. The summed E-state index contributed by atoms with van der Waals surface area (Å²) in [5.41, 5.74) is 2.04. The van der Waals surface area contributed by atoms with Crippen LogP contribution in [-0.2, 0) is 14.3 Å². The van der Waals surface area contributed by atoms with E-state index in [9.17, 15) is 14.4 Å². The van der Waals surface area contributed by atoms with Gasteiger partial charge in [0.05, 0.1) is 11.3 Å². The molecular formula is C22H26N2O4S. The molecule has 2 N–H and O–H groups in total. The van der Waals surface area contributed by atoms with Crippen molar-refractivity contribution in [2.24, 2.45) is 0 Å². The van der Waals surface area contributed by atoms with Crippen LogP contribution in [0.3, 0.4) is 0 Å². The van der Waals surface area contributed by atoms with Crippen LogP contribution in [0, 0.1) is 6.92 Å². The number of aryl methyl sites for hydroxylation is 1. The topological polar surface area (TPSA) is 84.5 Å². The first-order chi connectivity index (χ1) is 13.8. The van der Waals surface area contributed by atoms with Crippen LogP contribution < -0.4 is 10.6 Å². The van der Waals surface area contributed by atoms with E-state index in [1.807, 2.05) is 32.9 Å². The minimum atomic E-state index is -0.967. The molecule has 0 aliphatic rings. The largest absolute Gasteiger partial charge is 0.449 e. The molecule has 0 bridgehead atoms. The molecule has 0 spiro atoms. The zero-order valence-corrected chi connectivity index (χ0v) is 17.8. The van der Waals surface area contributed by atoms with Gasteiger partial charge in [0.15, 0.2) is 6.10 Å². The Morgan fingerprint density at radius 3 is 2.31 bits per heavy atom. The van der Waals surface area contributed by atoms with Crippen molar-refractivity contribution < 1.29 is 19.1 Å². The zero-order valence-electron chi connectivity index (χ0n) is 17.0. The van der Waals surface area contributed by atoms with E-state index in [1.165, 1.54) is 18.7 Å². The monoisotopic (exact) mass is 414 g/mol. The molecule has 0 saturated heterocycles. The Bertz CT molecular complexity index is 865. The SMILES string of the molecule is Cc1ccc(NC(=O)C(C)OC(=O)c2ccccc2SCC(=O)NC(C)C)cc1. The minimum Gasteiger partial charge on any atom is -0.449 e. The standard InChI is InChI=1S/C22H26N2O4S/c1-14(2)23-20(25)13-29-19-8-6-5-7-18(19)22(27)28-16(4)21(26)24-17-11-9-15(3)10-12-17/h5-12,14,16H,13H2,1-4H3,(H,23,25)(H,24,26). The second kappa shape index (κ2) is 10.7. The fourth-order valence-electron chi connectivity index (χ4n) is 2.43. The number of esters is 1. The second-order valence-electron chi connectivity index (χ2n) is 6.91. The molecule has 0 aliphatic heterocycles. The molecule has 6 nitrogen and oxygen atoms in total. The number of hydrogen-bond donors (Lipinski definition) is 2. The molecule has 1 unspecified atom stereocenters. The van der Waals surface area contributed by atoms with Gasteiger partial charge in [-0.15, -0.1) is 11.8 Å². The van der Waals surface area contributed by atoms with Crippen molar-refractivity contribution >= 4 is 35.2 Å². The number of thioether (sulfide) groups is 1. The smallest absolute Gasteiger partial charge is 0.340 e. The molecule has 0 aliphatic carbocycles. The Kier molecular flexibility index (Phi) is 8.27. The predicted octanol–water partition coefficient (Wildman–Crippen LogP) is 3.80. The lowest BCUT2D eigenvalue weighted by molar-refractivity contribution is -0.123. The quantitative estimate of drug-likeness (QED) is 0.507. The summed E-state index contributed by atoms with van der Waals surface area (Å²) in [7, 11) is 0. The average Bonchev–Trinajstić information content (AvgIpc) is 2.67. The van der Waals surface area contributed by atoms with E-state index in [2.05, 4.69) is 10.6 Å². The van der Waals surface area contributed by atoms with Gasteiger partial charge in [-0.25, -0.2) is 4.79 Å². The Morgan fingerprint density at radius 2 is 1.66 bits per heavy atom. The van der Waals surface area contributed by atoms with Crippen molar-refractivity contribution in [2.45, 2.75) is 44.7 Å². The Labute approximate surface area is 175 Å². The average molecular weight is 415 g/mol. The summed E-state index contributed by atoms with van der Waals surface area (Å²) in [5.74, 6) is -0.946. The van der Waals surface area contributed by atoms with Gasteiger partial charge >= 0.3 is 5.97 Å². The van der Waals surface area contributed by atoms with E-state index in [1.54, 1.807) is 36.4 Å². The third-order valence-electron chi connectivity index (χ3n) is 3.89. The molecule has 2 rings (SSSR count). The van der Waals surface area contributed by atoms with Gasteiger partial charge in [-0.1, -0.05) is 29.8 Å². The van der Waals surface area contributed by atoms with Crippen molar-refractivity contribution in [3.63, 3.8) is 0 Å². The number of hydrogen-bond acceptors (Lipinski definition) is 5. The van der Waals surface area contributed by atoms with Gasteiger partial charge in [0.1, 0.15) is 0 Å². The molecule has 1 atom stereocenters. The van der Waals surface area contributed by atoms with Gasteiger partial charge in [-0.2, -0.15) is 0 Å². The number of nitrogens with one attached hydrogen (secondary N) is 2. The maximum Gasteiger partial charge on any atom is 0.340 e. The molecule has 7 heteroatoms. The number of amides is 2. The molecular weight excluding hydrogens is 388 g/mol. The maximum atomic E-state index is 12.6. The lowest BCUT2D eigenvalue weighted by Crippen LogP contribution is -2.31. The molecule has 2 aromatic carbocycles. The second-order valence-corrected chi connectivity index (χ2v) is 7.93. The summed E-state index contributed by atoms with van der Waals surface area (Å²) in [5, 5.41) is 5.53. The van der Waals surface area contributed by atoms with Crippen molar-refractivity contribution in [3.8, 4) is 0 Å². The summed E-state index contributed by atoms with van der Waals surface area (Å²) < 4.78 is 5.34.